The summed E-state index contributed by atoms with van der Waals surface area (Å²) in [6.07, 6.45) is 0. The molecule has 0 aliphatic rings. The van der Waals surface area contributed by atoms with Crippen LogP contribution in [0.1, 0.15) is 15.9 Å². The van der Waals surface area contributed by atoms with Crippen molar-refractivity contribution in [3.8, 4) is 5.75 Å². The fourth-order valence-corrected chi connectivity index (χ4v) is 3.14. The van der Waals surface area contributed by atoms with Crippen molar-refractivity contribution in [3.63, 3.8) is 0 Å². The topological polar surface area (TPSA) is 67.4 Å². The lowest BCUT2D eigenvalue weighted by Gasteiger charge is -2.13. The zero-order chi connectivity index (χ0) is 22.5. The van der Waals surface area contributed by atoms with Crippen LogP contribution in [0, 0.1) is 17.5 Å². The lowest BCUT2D eigenvalue weighted by molar-refractivity contribution is 0.0959. The van der Waals surface area contributed by atoms with E-state index >= 15 is 0 Å². The first kappa shape index (κ1) is 22.5. The van der Waals surface area contributed by atoms with E-state index in [-0.39, 0.29) is 33.9 Å². The summed E-state index contributed by atoms with van der Waals surface area (Å²) in [7, 11) is 0. The quantitative estimate of drug-likeness (QED) is 0.485. The molecular formula is C21H13Cl2F3N2O3. The minimum atomic E-state index is -1.26. The Kier molecular flexibility index (Phi) is 7.04. The van der Waals surface area contributed by atoms with Crippen molar-refractivity contribution in [2.45, 2.75) is 6.61 Å². The van der Waals surface area contributed by atoms with Gasteiger partial charge in [0.1, 0.15) is 29.6 Å². The van der Waals surface area contributed by atoms with Gasteiger partial charge in [0.2, 0.25) is 0 Å². The molecule has 0 unspecified atom stereocenters. The van der Waals surface area contributed by atoms with Crippen LogP contribution < -0.4 is 15.4 Å². The second kappa shape index (κ2) is 9.72. The molecule has 0 bridgehead atoms. The zero-order valence-electron chi connectivity index (χ0n) is 15.5. The third kappa shape index (κ3) is 5.68. The van der Waals surface area contributed by atoms with E-state index in [0.717, 1.165) is 18.2 Å². The maximum Gasteiger partial charge on any atom is 0.326 e. The van der Waals surface area contributed by atoms with Gasteiger partial charge in [0, 0.05) is 5.69 Å². The third-order valence-electron chi connectivity index (χ3n) is 3.97. The Balaban J connectivity index is 1.66. The zero-order valence-corrected chi connectivity index (χ0v) is 17.0. The minimum Gasteiger partial charge on any atom is -0.486 e. The van der Waals surface area contributed by atoms with Crippen molar-refractivity contribution in [3.05, 3.63) is 93.2 Å². The van der Waals surface area contributed by atoms with Crippen LogP contribution in [0.15, 0.2) is 54.6 Å². The molecule has 0 radical (unpaired) electrons. The Morgan fingerprint density at radius 1 is 0.903 bits per heavy atom. The standard InChI is InChI=1S/C21H13Cl2F3N2O3/c22-14-8-13(9-15(23)19(14)31-10-11-4-6-12(24)7-5-11)27-21(30)28-20(29)18-16(25)2-1-3-17(18)26/h1-9H,10H2,(H2,27,28,29,30). The first-order valence-corrected chi connectivity index (χ1v) is 9.43. The maximum absolute atomic E-state index is 13.6. The van der Waals surface area contributed by atoms with Gasteiger partial charge in [-0.05, 0) is 42.0 Å². The van der Waals surface area contributed by atoms with E-state index < -0.39 is 29.1 Å². The molecule has 31 heavy (non-hydrogen) atoms. The fourth-order valence-electron chi connectivity index (χ4n) is 2.55. The molecule has 0 saturated heterocycles. The molecule has 3 aromatic rings. The summed E-state index contributed by atoms with van der Waals surface area (Å²) in [5.41, 5.74) is -0.115. The highest BCUT2D eigenvalue weighted by Gasteiger charge is 2.20. The van der Waals surface area contributed by atoms with E-state index in [1.165, 1.54) is 36.4 Å². The van der Waals surface area contributed by atoms with Gasteiger partial charge in [-0.25, -0.2) is 18.0 Å². The number of imide groups is 1. The molecule has 10 heteroatoms. The molecule has 0 aliphatic carbocycles. The molecule has 0 saturated carbocycles. The van der Waals surface area contributed by atoms with Crippen LogP contribution in [-0.2, 0) is 6.61 Å². The number of rotatable bonds is 5. The second-order valence-corrected chi connectivity index (χ2v) is 7.00. The average molecular weight is 469 g/mol. The van der Waals surface area contributed by atoms with Crippen LogP contribution in [0.25, 0.3) is 0 Å². The summed E-state index contributed by atoms with van der Waals surface area (Å²) in [5.74, 6) is -3.74. The van der Waals surface area contributed by atoms with Crippen molar-refractivity contribution in [1.29, 1.82) is 0 Å². The molecule has 3 amide bonds. The van der Waals surface area contributed by atoms with Crippen molar-refractivity contribution in [1.82, 2.24) is 5.32 Å². The predicted octanol–water partition coefficient (Wildman–Crippen LogP) is 5.95. The lowest BCUT2D eigenvalue weighted by atomic mass is 10.2. The van der Waals surface area contributed by atoms with Gasteiger partial charge in [-0.15, -0.1) is 0 Å². The van der Waals surface area contributed by atoms with E-state index in [0.29, 0.717) is 5.56 Å². The van der Waals surface area contributed by atoms with E-state index in [2.05, 4.69) is 5.32 Å². The normalized spacial score (nSPS) is 10.5. The highest BCUT2D eigenvalue weighted by Crippen LogP contribution is 2.36. The first-order chi connectivity index (χ1) is 14.7. The number of hydrogen-bond donors (Lipinski definition) is 2. The number of hydrogen-bond acceptors (Lipinski definition) is 3. The van der Waals surface area contributed by atoms with Gasteiger partial charge >= 0.3 is 6.03 Å². The molecule has 0 atom stereocenters. The Morgan fingerprint density at radius 3 is 2.06 bits per heavy atom. The molecule has 2 N–H and O–H groups in total. The van der Waals surface area contributed by atoms with Crippen molar-refractivity contribution in [2.24, 2.45) is 0 Å². The molecule has 0 heterocycles. The molecule has 0 aromatic heterocycles. The Hall–Kier alpha value is -3.23. The van der Waals surface area contributed by atoms with Crippen LogP contribution in [0.4, 0.5) is 23.7 Å². The van der Waals surface area contributed by atoms with Gasteiger partial charge in [-0.3, -0.25) is 10.1 Å². The molecule has 5 nitrogen and oxygen atoms in total. The van der Waals surface area contributed by atoms with E-state index in [1.54, 1.807) is 0 Å². The largest absolute Gasteiger partial charge is 0.486 e. The number of amides is 3. The van der Waals surface area contributed by atoms with Crippen LogP contribution in [0.3, 0.4) is 0 Å². The Bertz CT molecular complexity index is 1100. The van der Waals surface area contributed by atoms with Gasteiger partial charge in [-0.2, -0.15) is 0 Å². The molecule has 0 fully saturated rings. The van der Waals surface area contributed by atoms with Gasteiger partial charge in [0.15, 0.2) is 5.75 Å². The molecule has 3 rings (SSSR count). The van der Waals surface area contributed by atoms with Gasteiger partial charge in [0.05, 0.1) is 10.0 Å². The van der Waals surface area contributed by atoms with Crippen LogP contribution >= 0.6 is 23.2 Å². The smallest absolute Gasteiger partial charge is 0.326 e. The molecule has 0 spiro atoms. The van der Waals surface area contributed by atoms with Crippen molar-refractivity contribution < 1.29 is 27.5 Å². The summed E-state index contributed by atoms with van der Waals surface area (Å²) in [6, 6.07) is 10.1. The first-order valence-electron chi connectivity index (χ1n) is 8.67. The summed E-state index contributed by atoms with van der Waals surface area (Å²) in [6.45, 7) is 0.0652. The van der Waals surface area contributed by atoms with Gasteiger partial charge in [-0.1, -0.05) is 41.4 Å². The fraction of sp³-hybridized carbons (Fsp3) is 0.0476. The summed E-state index contributed by atoms with van der Waals surface area (Å²) >= 11 is 12.3. The highest BCUT2D eigenvalue weighted by atomic mass is 35.5. The number of halogens is 5. The summed E-state index contributed by atoms with van der Waals surface area (Å²) in [4.78, 5) is 24.0. The van der Waals surface area contributed by atoms with Gasteiger partial charge < -0.3 is 10.1 Å². The highest BCUT2D eigenvalue weighted by molar-refractivity contribution is 6.37. The lowest BCUT2D eigenvalue weighted by Crippen LogP contribution is -2.35. The summed E-state index contributed by atoms with van der Waals surface area (Å²) < 4.78 is 45.8. The maximum atomic E-state index is 13.6. The third-order valence-corrected chi connectivity index (χ3v) is 4.53. The number of carbonyl (C=O) groups excluding carboxylic acids is 2. The van der Waals surface area contributed by atoms with Crippen LogP contribution in [0.2, 0.25) is 10.0 Å². The number of benzene rings is 3. The SMILES string of the molecule is O=C(NC(=O)c1c(F)cccc1F)Nc1cc(Cl)c(OCc2ccc(F)cc2)c(Cl)c1. The number of carbonyl (C=O) groups is 2. The van der Waals surface area contributed by atoms with Crippen LogP contribution in [-0.4, -0.2) is 11.9 Å². The monoisotopic (exact) mass is 468 g/mol. The van der Waals surface area contributed by atoms with Crippen molar-refractivity contribution in [2.75, 3.05) is 5.32 Å². The number of anilines is 1. The van der Waals surface area contributed by atoms with E-state index in [4.69, 9.17) is 27.9 Å². The van der Waals surface area contributed by atoms with Crippen LogP contribution in [0.5, 0.6) is 5.75 Å². The number of nitrogens with one attached hydrogen (secondary N) is 2. The summed E-state index contributed by atoms with van der Waals surface area (Å²) in [5, 5.41) is 4.21. The van der Waals surface area contributed by atoms with Gasteiger partial charge in [0.25, 0.3) is 5.91 Å². The molecular weight excluding hydrogens is 456 g/mol. The van der Waals surface area contributed by atoms with E-state index in [9.17, 15) is 22.8 Å². The number of ether oxygens (including phenoxy) is 1. The number of urea groups is 1. The Morgan fingerprint density at radius 2 is 1.48 bits per heavy atom. The minimum absolute atomic E-state index is 0.0522. The Labute approximate surface area is 184 Å². The average Bonchev–Trinajstić information content (AvgIpc) is 2.68. The second-order valence-electron chi connectivity index (χ2n) is 6.19. The predicted molar refractivity (Wildman–Crippen MR) is 110 cm³/mol. The molecule has 3 aromatic carbocycles. The van der Waals surface area contributed by atoms with E-state index in [1.807, 2.05) is 5.32 Å². The molecule has 160 valence electrons. The molecule has 0 aliphatic heterocycles. The van der Waals surface area contributed by atoms with Crippen molar-refractivity contribution >= 4 is 40.8 Å².